The van der Waals surface area contributed by atoms with Crippen LogP contribution in [-0.4, -0.2) is 31.0 Å². The van der Waals surface area contributed by atoms with Crippen molar-refractivity contribution in [2.24, 2.45) is 5.92 Å². The fourth-order valence-electron chi connectivity index (χ4n) is 2.94. The molecule has 1 fully saturated rings. The lowest BCUT2D eigenvalue weighted by Gasteiger charge is -2.23. The first kappa shape index (κ1) is 15.9. The molecular formula is C18H27NO2. The number of carbonyl (C=O) groups is 1. The number of hydrogen-bond acceptors (Lipinski definition) is 2. The van der Waals surface area contributed by atoms with Crippen LogP contribution in [0, 0.1) is 5.92 Å². The average Bonchev–Trinajstić information content (AvgIpc) is 2.54. The number of rotatable bonds is 7. The number of ether oxygens (including phenoxy) is 1. The summed E-state index contributed by atoms with van der Waals surface area (Å²) in [5, 5.41) is 0. The zero-order valence-electron chi connectivity index (χ0n) is 13.1. The fourth-order valence-corrected chi connectivity index (χ4v) is 2.94. The van der Waals surface area contributed by atoms with Gasteiger partial charge in [0.1, 0.15) is 12.4 Å². The summed E-state index contributed by atoms with van der Waals surface area (Å²) in [5.74, 6) is 1.88. The van der Waals surface area contributed by atoms with Crippen molar-refractivity contribution in [3.8, 4) is 5.75 Å². The molecule has 0 N–H and O–H groups in total. The van der Waals surface area contributed by atoms with E-state index in [1.54, 1.807) is 4.90 Å². The van der Waals surface area contributed by atoms with Crippen LogP contribution in [0.25, 0.3) is 0 Å². The van der Waals surface area contributed by atoms with Crippen molar-refractivity contribution in [1.29, 1.82) is 0 Å². The largest absolute Gasteiger partial charge is 0.492 e. The topological polar surface area (TPSA) is 29.5 Å². The van der Waals surface area contributed by atoms with E-state index < -0.39 is 0 Å². The van der Waals surface area contributed by atoms with Gasteiger partial charge in [0.05, 0.1) is 6.54 Å². The highest BCUT2D eigenvalue weighted by Gasteiger charge is 2.16. The molecule has 3 heteroatoms. The molecule has 0 saturated heterocycles. The molecule has 0 aromatic heterocycles. The molecule has 1 aromatic carbocycles. The zero-order valence-corrected chi connectivity index (χ0v) is 13.1. The molecule has 3 nitrogen and oxygen atoms in total. The normalized spacial score (nSPS) is 15.7. The second-order valence-electron chi connectivity index (χ2n) is 6.02. The van der Waals surface area contributed by atoms with Crippen molar-refractivity contribution in [2.45, 2.75) is 44.9 Å². The Kier molecular flexibility index (Phi) is 6.58. The van der Waals surface area contributed by atoms with Crippen LogP contribution in [0.15, 0.2) is 30.3 Å². The van der Waals surface area contributed by atoms with Crippen molar-refractivity contribution >= 4 is 5.91 Å². The summed E-state index contributed by atoms with van der Waals surface area (Å²) < 4.78 is 5.63. The summed E-state index contributed by atoms with van der Waals surface area (Å²) in [5.41, 5.74) is 0. The Balaban J connectivity index is 1.60. The lowest BCUT2D eigenvalue weighted by molar-refractivity contribution is -0.130. The van der Waals surface area contributed by atoms with Gasteiger partial charge in [-0.25, -0.2) is 0 Å². The van der Waals surface area contributed by atoms with Gasteiger partial charge in [-0.2, -0.15) is 0 Å². The van der Waals surface area contributed by atoms with Crippen molar-refractivity contribution < 1.29 is 9.53 Å². The van der Waals surface area contributed by atoms with Crippen LogP contribution >= 0.6 is 0 Å². The van der Waals surface area contributed by atoms with E-state index >= 15 is 0 Å². The Morgan fingerprint density at radius 3 is 2.62 bits per heavy atom. The van der Waals surface area contributed by atoms with Crippen LogP contribution < -0.4 is 4.74 Å². The number of hydrogen-bond donors (Lipinski definition) is 0. The van der Waals surface area contributed by atoms with E-state index in [0.717, 1.165) is 18.1 Å². The highest BCUT2D eigenvalue weighted by molar-refractivity contribution is 5.75. The second kappa shape index (κ2) is 8.71. The molecule has 2 rings (SSSR count). The minimum atomic E-state index is 0.247. The Labute approximate surface area is 128 Å². The molecule has 0 aliphatic heterocycles. The maximum absolute atomic E-state index is 12.1. The number of amides is 1. The first-order valence-corrected chi connectivity index (χ1v) is 8.17. The summed E-state index contributed by atoms with van der Waals surface area (Å²) in [7, 11) is 1.87. The fraction of sp³-hybridized carbons (Fsp3) is 0.611. The Morgan fingerprint density at radius 1 is 1.19 bits per heavy atom. The van der Waals surface area contributed by atoms with Crippen molar-refractivity contribution in [3.63, 3.8) is 0 Å². The molecule has 0 radical (unpaired) electrons. The van der Waals surface area contributed by atoms with Crippen LogP contribution in [0.4, 0.5) is 0 Å². The highest BCUT2D eigenvalue weighted by atomic mass is 16.5. The lowest BCUT2D eigenvalue weighted by Crippen LogP contribution is -2.31. The molecule has 0 spiro atoms. The zero-order chi connectivity index (χ0) is 14.9. The van der Waals surface area contributed by atoms with Gasteiger partial charge >= 0.3 is 0 Å². The van der Waals surface area contributed by atoms with Gasteiger partial charge in [0.2, 0.25) is 5.91 Å². The first-order chi connectivity index (χ1) is 10.3. The third kappa shape index (κ3) is 5.78. The van der Waals surface area contributed by atoms with Gasteiger partial charge in [-0.15, -0.1) is 0 Å². The minimum absolute atomic E-state index is 0.247. The van der Waals surface area contributed by atoms with Gasteiger partial charge in [-0.3, -0.25) is 4.79 Å². The van der Waals surface area contributed by atoms with Crippen LogP contribution in [0.3, 0.4) is 0 Å². The first-order valence-electron chi connectivity index (χ1n) is 8.17. The van der Waals surface area contributed by atoms with E-state index in [2.05, 4.69) is 0 Å². The summed E-state index contributed by atoms with van der Waals surface area (Å²) in [6.07, 6.45) is 8.44. The van der Waals surface area contributed by atoms with E-state index in [0.29, 0.717) is 19.6 Å². The van der Waals surface area contributed by atoms with Crippen LogP contribution in [-0.2, 0) is 4.79 Å². The molecule has 0 heterocycles. The number of nitrogens with zero attached hydrogens (tertiary/aromatic N) is 1. The number of carbonyl (C=O) groups excluding carboxylic acids is 1. The van der Waals surface area contributed by atoms with Gasteiger partial charge in [0.25, 0.3) is 0 Å². The van der Waals surface area contributed by atoms with Crippen molar-refractivity contribution in [2.75, 3.05) is 20.2 Å². The van der Waals surface area contributed by atoms with Crippen molar-refractivity contribution in [3.05, 3.63) is 30.3 Å². The molecule has 1 saturated carbocycles. The second-order valence-corrected chi connectivity index (χ2v) is 6.02. The maximum Gasteiger partial charge on any atom is 0.222 e. The molecule has 116 valence electrons. The molecule has 1 aliphatic rings. The number of benzene rings is 1. The standard InChI is InChI=1S/C18H27NO2/c1-19(14-15-21-17-10-6-3-7-11-17)18(20)13-12-16-8-4-2-5-9-16/h3,6-7,10-11,16H,2,4-5,8-9,12-15H2,1H3. The van der Waals surface area contributed by atoms with E-state index in [9.17, 15) is 4.79 Å². The van der Waals surface area contributed by atoms with Gasteiger partial charge in [0, 0.05) is 13.5 Å². The molecule has 0 unspecified atom stereocenters. The summed E-state index contributed by atoms with van der Waals surface area (Å²) in [6, 6.07) is 9.74. The van der Waals surface area contributed by atoms with Gasteiger partial charge in [0.15, 0.2) is 0 Å². The predicted molar refractivity (Wildman–Crippen MR) is 85.4 cm³/mol. The van der Waals surface area contributed by atoms with Gasteiger partial charge in [-0.1, -0.05) is 50.3 Å². The summed E-state index contributed by atoms with van der Waals surface area (Å²) >= 11 is 0. The van der Waals surface area contributed by atoms with E-state index in [1.165, 1.54) is 32.1 Å². The number of likely N-dealkylation sites (N-methyl/N-ethyl adjacent to an activating group) is 1. The average molecular weight is 289 g/mol. The van der Waals surface area contributed by atoms with Crippen LogP contribution in [0.2, 0.25) is 0 Å². The summed E-state index contributed by atoms with van der Waals surface area (Å²) in [6.45, 7) is 1.20. The molecular weight excluding hydrogens is 262 g/mol. The van der Waals surface area contributed by atoms with Gasteiger partial charge in [-0.05, 0) is 24.5 Å². The summed E-state index contributed by atoms with van der Waals surface area (Å²) in [4.78, 5) is 13.9. The molecule has 0 atom stereocenters. The highest BCUT2D eigenvalue weighted by Crippen LogP contribution is 2.27. The molecule has 1 aromatic rings. The Bertz CT molecular complexity index is 412. The molecule has 1 aliphatic carbocycles. The van der Waals surface area contributed by atoms with E-state index in [4.69, 9.17) is 4.74 Å². The minimum Gasteiger partial charge on any atom is -0.492 e. The lowest BCUT2D eigenvalue weighted by atomic mass is 9.86. The predicted octanol–water partition coefficient (Wildman–Crippen LogP) is 3.88. The smallest absolute Gasteiger partial charge is 0.222 e. The Morgan fingerprint density at radius 2 is 1.90 bits per heavy atom. The molecule has 0 bridgehead atoms. The van der Waals surface area contributed by atoms with E-state index in [-0.39, 0.29) is 5.91 Å². The van der Waals surface area contributed by atoms with Crippen LogP contribution in [0.5, 0.6) is 5.75 Å². The molecule has 21 heavy (non-hydrogen) atoms. The quantitative estimate of drug-likeness (QED) is 0.762. The van der Waals surface area contributed by atoms with Crippen LogP contribution in [0.1, 0.15) is 44.9 Å². The van der Waals surface area contributed by atoms with Gasteiger partial charge < -0.3 is 9.64 Å². The number of para-hydroxylation sites is 1. The SMILES string of the molecule is CN(CCOc1ccccc1)C(=O)CCC1CCCCC1. The third-order valence-corrected chi connectivity index (χ3v) is 4.36. The Hall–Kier alpha value is -1.51. The third-order valence-electron chi connectivity index (χ3n) is 4.36. The molecule has 1 amide bonds. The monoisotopic (exact) mass is 289 g/mol. The maximum atomic E-state index is 12.1. The van der Waals surface area contributed by atoms with E-state index in [1.807, 2.05) is 37.4 Å². The van der Waals surface area contributed by atoms with Crippen molar-refractivity contribution in [1.82, 2.24) is 4.90 Å².